The molecule has 6 heteroatoms. The molecule has 0 aliphatic carbocycles. The molecule has 0 unspecified atom stereocenters. The van der Waals surface area contributed by atoms with Crippen molar-refractivity contribution >= 4 is 28.6 Å². The van der Waals surface area contributed by atoms with Gasteiger partial charge in [0.15, 0.2) is 5.65 Å². The van der Waals surface area contributed by atoms with Gasteiger partial charge in [-0.05, 0) is 25.1 Å². The first-order valence-electron chi connectivity index (χ1n) is 6.98. The van der Waals surface area contributed by atoms with Crippen LogP contribution < -0.4 is 4.90 Å². The molecule has 2 aromatic rings. The molecule has 1 saturated heterocycles. The van der Waals surface area contributed by atoms with Crippen molar-refractivity contribution in [2.24, 2.45) is 0 Å². The quantitative estimate of drug-likeness (QED) is 0.807. The maximum absolute atomic E-state index is 5.82. The van der Waals surface area contributed by atoms with Crippen molar-refractivity contribution in [1.29, 1.82) is 0 Å². The zero-order chi connectivity index (χ0) is 13.8. The monoisotopic (exact) mass is 291 g/mol. The van der Waals surface area contributed by atoms with Crippen LogP contribution in [0, 0.1) is 0 Å². The van der Waals surface area contributed by atoms with Gasteiger partial charge in [0.25, 0.3) is 0 Å². The fourth-order valence-corrected chi connectivity index (χ4v) is 2.80. The largest absolute Gasteiger partial charge is 0.355 e. The summed E-state index contributed by atoms with van der Waals surface area (Å²) >= 11 is 5.82. The third-order valence-electron chi connectivity index (χ3n) is 3.63. The van der Waals surface area contributed by atoms with Crippen LogP contribution in [-0.4, -0.2) is 58.5 Å². The van der Waals surface area contributed by atoms with E-state index in [-0.39, 0.29) is 0 Å². The predicted octanol–water partition coefficient (Wildman–Crippen LogP) is 1.78. The summed E-state index contributed by atoms with van der Waals surface area (Å²) in [6.45, 7) is 5.11. The first-order valence-corrected chi connectivity index (χ1v) is 7.51. The van der Waals surface area contributed by atoms with E-state index in [9.17, 15) is 0 Å². The Hall–Kier alpha value is -1.46. The van der Waals surface area contributed by atoms with E-state index in [2.05, 4.69) is 24.8 Å². The lowest BCUT2D eigenvalue weighted by atomic mass is 10.3. The Kier molecular flexibility index (Phi) is 4.28. The van der Waals surface area contributed by atoms with Gasteiger partial charge >= 0.3 is 0 Å². The Morgan fingerprint density at radius 1 is 1.05 bits per heavy atom. The van der Waals surface area contributed by atoms with Crippen LogP contribution in [0.3, 0.4) is 0 Å². The van der Waals surface area contributed by atoms with Crippen molar-refractivity contribution < 1.29 is 0 Å². The topological polar surface area (TPSA) is 45.2 Å². The molecule has 0 saturated carbocycles. The van der Waals surface area contributed by atoms with E-state index < -0.39 is 0 Å². The molecule has 0 N–H and O–H groups in total. The Bertz CT molecular complexity index is 576. The number of hydrogen-bond donors (Lipinski definition) is 0. The van der Waals surface area contributed by atoms with Crippen molar-refractivity contribution in [3.05, 3.63) is 24.5 Å². The number of halogens is 1. The van der Waals surface area contributed by atoms with Gasteiger partial charge in [-0.3, -0.25) is 4.98 Å². The van der Waals surface area contributed by atoms with Gasteiger partial charge in [0.1, 0.15) is 11.3 Å². The summed E-state index contributed by atoms with van der Waals surface area (Å²) in [6.07, 6.45) is 4.51. The molecule has 1 aliphatic rings. The van der Waals surface area contributed by atoms with E-state index in [1.807, 2.05) is 12.1 Å². The first kappa shape index (κ1) is 13.5. The molecular weight excluding hydrogens is 274 g/mol. The van der Waals surface area contributed by atoms with Crippen LogP contribution in [0.2, 0.25) is 0 Å². The van der Waals surface area contributed by atoms with Crippen LogP contribution >= 0.6 is 11.6 Å². The van der Waals surface area contributed by atoms with Crippen LogP contribution in [0.15, 0.2) is 24.5 Å². The van der Waals surface area contributed by atoms with Crippen molar-refractivity contribution in [1.82, 2.24) is 19.9 Å². The molecule has 20 heavy (non-hydrogen) atoms. The van der Waals surface area contributed by atoms with E-state index in [0.717, 1.165) is 50.5 Å². The Labute approximate surface area is 123 Å². The lowest BCUT2D eigenvalue weighted by Gasteiger charge is -2.22. The predicted molar refractivity (Wildman–Crippen MR) is 81.3 cm³/mol. The number of alkyl halides is 1. The van der Waals surface area contributed by atoms with Crippen molar-refractivity contribution in [2.45, 2.75) is 6.42 Å². The standard InChI is InChI=1S/C14H18ClN5/c15-4-9-19-7-1-8-20(11-10-19)13-3-2-12-14(18-13)17-6-5-16-12/h2-3,5-6H,1,4,7-11H2. The van der Waals surface area contributed by atoms with Gasteiger partial charge in [-0.15, -0.1) is 11.6 Å². The average Bonchev–Trinajstić information content (AvgIpc) is 2.73. The van der Waals surface area contributed by atoms with Gasteiger partial charge in [0, 0.05) is 44.5 Å². The molecular formula is C14H18ClN5. The minimum atomic E-state index is 0.698. The summed E-state index contributed by atoms with van der Waals surface area (Å²) in [5.74, 6) is 1.69. The van der Waals surface area contributed by atoms with E-state index in [0.29, 0.717) is 11.5 Å². The summed E-state index contributed by atoms with van der Waals surface area (Å²) in [5.41, 5.74) is 1.56. The second-order valence-electron chi connectivity index (χ2n) is 4.94. The van der Waals surface area contributed by atoms with E-state index in [1.54, 1.807) is 12.4 Å². The summed E-state index contributed by atoms with van der Waals surface area (Å²) in [6, 6.07) is 4.03. The lowest BCUT2D eigenvalue weighted by molar-refractivity contribution is 0.311. The molecule has 0 atom stereocenters. The summed E-state index contributed by atoms with van der Waals surface area (Å²) < 4.78 is 0. The molecule has 0 amide bonds. The fourth-order valence-electron chi connectivity index (χ4n) is 2.56. The zero-order valence-corrected chi connectivity index (χ0v) is 12.1. The second-order valence-corrected chi connectivity index (χ2v) is 5.32. The van der Waals surface area contributed by atoms with Crippen LogP contribution in [0.4, 0.5) is 5.82 Å². The molecule has 5 nitrogen and oxygen atoms in total. The molecule has 1 fully saturated rings. The smallest absolute Gasteiger partial charge is 0.180 e. The molecule has 106 valence electrons. The molecule has 0 bridgehead atoms. The summed E-state index contributed by atoms with van der Waals surface area (Å²) in [4.78, 5) is 17.9. The number of fused-ring (bicyclic) bond motifs is 1. The normalized spacial score (nSPS) is 17.4. The van der Waals surface area contributed by atoms with E-state index in [4.69, 9.17) is 11.6 Å². The van der Waals surface area contributed by atoms with Crippen LogP contribution in [-0.2, 0) is 0 Å². The fraction of sp³-hybridized carbons (Fsp3) is 0.500. The highest BCUT2D eigenvalue weighted by Crippen LogP contribution is 2.16. The number of nitrogens with zero attached hydrogens (tertiary/aromatic N) is 5. The minimum Gasteiger partial charge on any atom is -0.355 e. The minimum absolute atomic E-state index is 0.698. The van der Waals surface area contributed by atoms with Crippen molar-refractivity contribution in [3.8, 4) is 0 Å². The van der Waals surface area contributed by atoms with Gasteiger partial charge in [-0.2, -0.15) is 0 Å². The third kappa shape index (κ3) is 2.99. The second kappa shape index (κ2) is 6.33. The molecule has 2 aromatic heterocycles. The van der Waals surface area contributed by atoms with Crippen LogP contribution in [0.5, 0.6) is 0 Å². The third-order valence-corrected chi connectivity index (χ3v) is 3.80. The lowest BCUT2D eigenvalue weighted by Crippen LogP contribution is -2.32. The Morgan fingerprint density at radius 2 is 1.95 bits per heavy atom. The highest BCUT2D eigenvalue weighted by molar-refractivity contribution is 6.18. The van der Waals surface area contributed by atoms with E-state index in [1.165, 1.54) is 0 Å². The Morgan fingerprint density at radius 3 is 2.85 bits per heavy atom. The molecule has 0 aromatic carbocycles. The van der Waals surface area contributed by atoms with Gasteiger partial charge in [-0.25, -0.2) is 9.97 Å². The zero-order valence-electron chi connectivity index (χ0n) is 11.4. The van der Waals surface area contributed by atoms with Crippen LogP contribution in [0.1, 0.15) is 6.42 Å². The van der Waals surface area contributed by atoms with Crippen molar-refractivity contribution in [3.63, 3.8) is 0 Å². The molecule has 1 aliphatic heterocycles. The SMILES string of the molecule is ClCCN1CCCN(c2ccc3nccnc3n2)CC1. The number of aromatic nitrogens is 3. The highest BCUT2D eigenvalue weighted by Gasteiger charge is 2.16. The number of rotatable bonds is 3. The van der Waals surface area contributed by atoms with E-state index >= 15 is 0 Å². The first-order chi connectivity index (χ1) is 9.86. The molecule has 0 spiro atoms. The van der Waals surface area contributed by atoms with Gasteiger partial charge < -0.3 is 9.80 Å². The van der Waals surface area contributed by atoms with Crippen LogP contribution in [0.25, 0.3) is 11.2 Å². The maximum Gasteiger partial charge on any atom is 0.180 e. The highest BCUT2D eigenvalue weighted by atomic mass is 35.5. The average molecular weight is 292 g/mol. The number of hydrogen-bond acceptors (Lipinski definition) is 5. The van der Waals surface area contributed by atoms with Gasteiger partial charge in [0.05, 0.1) is 0 Å². The van der Waals surface area contributed by atoms with Gasteiger partial charge in [-0.1, -0.05) is 0 Å². The maximum atomic E-state index is 5.82. The molecule has 3 rings (SSSR count). The van der Waals surface area contributed by atoms with Gasteiger partial charge in [0.2, 0.25) is 0 Å². The number of pyridine rings is 1. The summed E-state index contributed by atoms with van der Waals surface area (Å²) in [7, 11) is 0. The molecule has 0 radical (unpaired) electrons. The van der Waals surface area contributed by atoms with Crippen molar-refractivity contribution in [2.75, 3.05) is 43.5 Å². The summed E-state index contributed by atoms with van der Waals surface area (Å²) in [5, 5.41) is 0. The Balaban J connectivity index is 1.77. The molecule has 3 heterocycles. The number of anilines is 1.